The second-order valence-electron chi connectivity index (χ2n) is 5.61. The van der Waals surface area contributed by atoms with Gasteiger partial charge in [-0.05, 0) is 29.5 Å². The van der Waals surface area contributed by atoms with Gasteiger partial charge in [-0.15, -0.1) is 0 Å². The lowest BCUT2D eigenvalue weighted by Crippen LogP contribution is -2.10. The zero-order valence-corrected chi connectivity index (χ0v) is 11.7. The number of rotatable bonds is 2. The molecule has 1 atom stereocenters. The van der Waals surface area contributed by atoms with E-state index in [4.69, 9.17) is 0 Å². The zero-order chi connectivity index (χ0) is 13.8. The molecule has 0 N–H and O–H groups in total. The van der Waals surface area contributed by atoms with Gasteiger partial charge in [-0.25, -0.2) is 0 Å². The fraction of sp³-hybridized carbons (Fsp3) is 0.316. The molecule has 1 aliphatic carbocycles. The summed E-state index contributed by atoms with van der Waals surface area (Å²) >= 11 is 0. The Kier molecular flexibility index (Phi) is 3.96. The Labute approximate surface area is 120 Å². The zero-order valence-electron chi connectivity index (χ0n) is 11.7. The van der Waals surface area contributed by atoms with Crippen LogP contribution in [0.2, 0.25) is 0 Å². The van der Waals surface area contributed by atoms with E-state index in [-0.39, 0.29) is 5.92 Å². The Bertz CT molecular complexity index is 568. The third kappa shape index (κ3) is 2.82. The molecule has 3 rings (SSSR count). The molecule has 0 amide bonds. The van der Waals surface area contributed by atoms with Crippen LogP contribution in [0.3, 0.4) is 0 Å². The monoisotopic (exact) mass is 264 g/mol. The third-order valence-corrected chi connectivity index (χ3v) is 4.22. The Morgan fingerprint density at radius 2 is 1.45 bits per heavy atom. The van der Waals surface area contributed by atoms with Crippen molar-refractivity contribution in [3.8, 4) is 11.1 Å². The van der Waals surface area contributed by atoms with Gasteiger partial charge in [-0.2, -0.15) is 0 Å². The standard InChI is InChI=1S/C19H20O/c20-19-10-6-2-5-9-18(19)17-13-11-16(12-14-17)15-7-3-1-4-8-15/h1,3-4,7-8,11-14,18H,2,5-6,9-10H2. The summed E-state index contributed by atoms with van der Waals surface area (Å²) in [5.74, 6) is 0.553. The highest BCUT2D eigenvalue weighted by Crippen LogP contribution is 2.30. The second kappa shape index (κ2) is 6.04. The molecule has 0 aliphatic heterocycles. The predicted molar refractivity (Wildman–Crippen MR) is 82.7 cm³/mol. The van der Waals surface area contributed by atoms with Crippen molar-refractivity contribution in [2.45, 2.75) is 38.0 Å². The molecule has 0 heterocycles. The van der Waals surface area contributed by atoms with E-state index in [1.165, 1.54) is 29.5 Å². The van der Waals surface area contributed by atoms with Gasteiger partial charge in [0.15, 0.2) is 0 Å². The van der Waals surface area contributed by atoms with E-state index >= 15 is 0 Å². The van der Waals surface area contributed by atoms with Gasteiger partial charge in [0.1, 0.15) is 5.78 Å². The van der Waals surface area contributed by atoms with E-state index in [1.807, 2.05) is 6.07 Å². The van der Waals surface area contributed by atoms with Crippen LogP contribution in [0.15, 0.2) is 54.6 Å². The van der Waals surface area contributed by atoms with Gasteiger partial charge in [-0.3, -0.25) is 4.79 Å². The van der Waals surface area contributed by atoms with Crippen LogP contribution in [0.1, 0.15) is 43.6 Å². The van der Waals surface area contributed by atoms with E-state index in [1.54, 1.807) is 0 Å². The summed E-state index contributed by atoms with van der Waals surface area (Å²) < 4.78 is 0. The maximum Gasteiger partial charge on any atom is 0.140 e. The average molecular weight is 264 g/mol. The molecule has 1 nitrogen and oxygen atoms in total. The van der Waals surface area contributed by atoms with Crippen molar-refractivity contribution in [3.63, 3.8) is 0 Å². The SMILES string of the molecule is O=C1CCCCCC1c1ccc(-c2ccccc2)cc1. The maximum atomic E-state index is 12.2. The van der Waals surface area contributed by atoms with Gasteiger partial charge in [0.25, 0.3) is 0 Å². The van der Waals surface area contributed by atoms with E-state index in [9.17, 15) is 4.79 Å². The predicted octanol–water partition coefficient (Wildman–Crippen LogP) is 4.97. The molecule has 1 saturated carbocycles. The minimum absolute atomic E-state index is 0.127. The molecule has 102 valence electrons. The molecule has 1 aliphatic rings. The fourth-order valence-electron chi connectivity index (χ4n) is 3.05. The topological polar surface area (TPSA) is 17.1 Å². The molecule has 1 heteroatoms. The van der Waals surface area contributed by atoms with Crippen molar-refractivity contribution < 1.29 is 4.79 Å². The van der Waals surface area contributed by atoms with Crippen LogP contribution in [0.5, 0.6) is 0 Å². The number of hydrogen-bond acceptors (Lipinski definition) is 1. The van der Waals surface area contributed by atoms with Gasteiger partial charge < -0.3 is 0 Å². The smallest absolute Gasteiger partial charge is 0.140 e. The molecule has 0 spiro atoms. The van der Waals surface area contributed by atoms with Crippen molar-refractivity contribution in [1.82, 2.24) is 0 Å². The van der Waals surface area contributed by atoms with Crippen molar-refractivity contribution in [1.29, 1.82) is 0 Å². The summed E-state index contributed by atoms with van der Waals surface area (Å²) in [5.41, 5.74) is 3.64. The first-order chi connectivity index (χ1) is 9.84. The quantitative estimate of drug-likeness (QED) is 0.700. The summed E-state index contributed by atoms with van der Waals surface area (Å²) in [7, 11) is 0. The summed E-state index contributed by atoms with van der Waals surface area (Å²) in [4.78, 5) is 12.2. The first-order valence-electron chi connectivity index (χ1n) is 7.53. The van der Waals surface area contributed by atoms with E-state index < -0.39 is 0 Å². The van der Waals surface area contributed by atoms with E-state index in [0.717, 1.165) is 19.3 Å². The molecule has 0 radical (unpaired) electrons. The van der Waals surface area contributed by atoms with Gasteiger partial charge in [-0.1, -0.05) is 67.4 Å². The van der Waals surface area contributed by atoms with Crippen LogP contribution in [-0.2, 0) is 4.79 Å². The van der Waals surface area contributed by atoms with Crippen LogP contribution >= 0.6 is 0 Å². The van der Waals surface area contributed by atoms with Crippen LogP contribution < -0.4 is 0 Å². The van der Waals surface area contributed by atoms with Gasteiger partial charge >= 0.3 is 0 Å². The molecule has 0 aromatic heterocycles. The Balaban J connectivity index is 1.84. The molecular weight excluding hydrogens is 244 g/mol. The molecule has 2 aromatic rings. The van der Waals surface area contributed by atoms with Gasteiger partial charge in [0, 0.05) is 12.3 Å². The molecule has 20 heavy (non-hydrogen) atoms. The fourth-order valence-corrected chi connectivity index (χ4v) is 3.05. The van der Waals surface area contributed by atoms with Gasteiger partial charge in [0.05, 0.1) is 0 Å². The van der Waals surface area contributed by atoms with Crippen LogP contribution in [-0.4, -0.2) is 5.78 Å². The minimum atomic E-state index is 0.127. The number of hydrogen-bond donors (Lipinski definition) is 0. The van der Waals surface area contributed by atoms with Crippen LogP contribution in [0.25, 0.3) is 11.1 Å². The number of benzene rings is 2. The molecule has 1 fully saturated rings. The molecule has 0 saturated heterocycles. The van der Waals surface area contributed by atoms with Crippen molar-refractivity contribution in [2.75, 3.05) is 0 Å². The highest BCUT2D eigenvalue weighted by Gasteiger charge is 2.22. The van der Waals surface area contributed by atoms with Crippen LogP contribution in [0.4, 0.5) is 0 Å². The summed E-state index contributed by atoms with van der Waals surface area (Å²) in [6.45, 7) is 0. The summed E-state index contributed by atoms with van der Waals surface area (Å²) in [6, 6.07) is 18.9. The second-order valence-corrected chi connectivity index (χ2v) is 5.61. The molecular formula is C19H20O. The van der Waals surface area contributed by atoms with E-state index in [2.05, 4.69) is 48.5 Å². The third-order valence-electron chi connectivity index (χ3n) is 4.22. The Hall–Kier alpha value is -1.89. The first kappa shape index (κ1) is 13.1. The highest BCUT2D eigenvalue weighted by atomic mass is 16.1. The van der Waals surface area contributed by atoms with Crippen LogP contribution in [0, 0.1) is 0 Å². The first-order valence-corrected chi connectivity index (χ1v) is 7.53. The number of carbonyl (C=O) groups excluding carboxylic acids is 1. The summed E-state index contributed by atoms with van der Waals surface area (Å²) in [6.07, 6.45) is 5.22. The minimum Gasteiger partial charge on any atom is -0.299 e. The molecule has 2 aromatic carbocycles. The highest BCUT2D eigenvalue weighted by molar-refractivity contribution is 5.86. The summed E-state index contributed by atoms with van der Waals surface area (Å²) in [5, 5.41) is 0. The largest absolute Gasteiger partial charge is 0.299 e. The Morgan fingerprint density at radius 1 is 0.750 bits per heavy atom. The number of ketones is 1. The van der Waals surface area contributed by atoms with Gasteiger partial charge in [0.2, 0.25) is 0 Å². The maximum absolute atomic E-state index is 12.2. The van der Waals surface area contributed by atoms with Crippen molar-refractivity contribution in [2.24, 2.45) is 0 Å². The molecule has 0 bridgehead atoms. The lowest BCUT2D eigenvalue weighted by atomic mass is 9.89. The van der Waals surface area contributed by atoms with Crippen molar-refractivity contribution >= 4 is 5.78 Å². The van der Waals surface area contributed by atoms with Crippen molar-refractivity contribution in [3.05, 3.63) is 60.2 Å². The average Bonchev–Trinajstić information content (AvgIpc) is 2.73. The molecule has 1 unspecified atom stereocenters. The normalized spacial score (nSPS) is 19.6. The Morgan fingerprint density at radius 3 is 2.20 bits per heavy atom. The lowest BCUT2D eigenvalue weighted by Gasteiger charge is -2.14. The number of Topliss-reactive ketones (excluding diaryl/α,β-unsaturated/α-hetero) is 1. The lowest BCUT2D eigenvalue weighted by molar-refractivity contribution is -0.120. The van der Waals surface area contributed by atoms with E-state index in [0.29, 0.717) is 5.78 Å². The number of carbonyl (C=O) groups is 1.